The largest absolute Gasteiger partial charge is 0.508 e. The first-order valence-electron chi connectivity index (χ1n) is 11.8. The number of benzene rings is 2. The number of nitrogens with one attached hydrogen (secondary N) is 1. The molecule has 3 heteroatoms. The summed E-state index contributed by atoms with van der Waals surface area (Å²) in [7, 11) is 0. The van der Waals surface area contributed by atoms with Crippen LogP contribution in [0.3, 0.4) is 0 Å². The normalized spacial score (nSPS) is 31.6. The third-order valence-electron chi connectivity index (χ3n) is 8.38. The lowest BCUT2D eigenvalue weighted by molar-refractivity contribution is 0.121. The number of hydrogen-bond acceptors (Lipinski definition) is 3. The maximum absolute atomic E-state index is 9.66. The molecule has 2 heterocycles. The number of likely N-dealkylation sites (tertiary alicyclic amines) is 1. The van der Waals surface area contributed by atoms with Crippen molar-refractivity contribution in [2.75, 3.05) is 11.9 Å². The zero-order chi connectivity index (χ0) is 21.3. The van der Waals surface area contributed by atoms with Crippen molar-refractivity contribution in [3.63, 3.8) is 0 Å². The predicted molar refractivity (Wildman–Crippen MR) is 127 cm³/mol. The lowest BCUT2D eigenvalue weighted by atomic mass is 9.82. The number of aliphatic hydroxyl groups excluding tert-OH is 1. The average molecular weight is 413 g/mol. The summed E-state index contributed by atoms with van der Waals surface area (Å²) in [6.45, 7) is 11.6. The number of anilines is 1. The summed E-state index contributed by atoms with van der Waals surface area (Å²) >= 11 is 0. The van der Waals surface area contributed by atoms with Crippen LogP contribution in [0.15, 0.2) is 61.3 Å². The van der Waals surface area contributed by atoms with Crippen molar-refractivity contribution in [3.8, 4) is 0 Å². The van der Waals surface area contributed by atoms with Gasteiger partial charge in [-0.05, 0) is 74.0 Å². The van der Waals surface area contributed by atoms with Gasteiger partial charge in [-0.3, -0.25) is 4.90 Å². The minimum Gasteiger partial charge on any atom is -0.508 e. The molecule has 2 aliphatic heterocycles. The van der Waals surface area contributed by atoms with Crippen molar-refractivity contribution >= 4 is 11.4 Å². The van der Waals surface area contributed by atoms with E-state index in [-0.39, 0.29) is 11.3 Å². The molecule has 2 saturated carbocycles. The Morgan fingerprint density at radius 1 is 1.16 bits per heavy atom. The molecule has 4 atom stereocenters. The van der Waals surface area contributed by atoms with Crippen LogP contribution >= 0.6 is 0 Å². The van der Waals surface area contributed by atoms with Crippen molar-refractivity contribution in [1.29, 1.82) is 0 Å². The summed E-state index contributed by atoms with van der Waals surface area (Å²) < 4.78 is 0. The van der Waals surface area contributed by atoms with E-state index in [9.17, 15) is 5.11 Å². The Kier molecular flexibility index (Phi) is 4.17. The van der Waals surface area contributed by atoms with Crippen molar-refractivity contribution in [3.05, 3.63) is 83.6 Å². The molecule has 0 aromatic heterocycles. The molecular weight excluding hydrogens is 380 g/mol. The predicted octanol–water partition coefficient (Wildman–Crippen LogP) is 6.34. The molecule has 4 aliphatic rings. The fourth-order valence-electron chi connectivity index (χ4n) is 6.69. The fourth-order valence-corrected chi connectivity index (χ4v) is 6.69. The number of hydrogen-bond donors (Lipinski definition) is 2. The summed E-state index contributed by atoms with van der Waals surface area (Å²) in [4.78, 5) is 2.86. The summed E-state index contributed by atoms with van der Waals surface area (Å²) in [5.74, 6) is 2.29. The molecule has 3 nitrogen and oxygen atoms in total. The van der Waals surface area contributed by atoms with E-state index in [1.165, 1.54) is 66.7 Å². The second-order valence-electron chi connectivity index (χ2n) is 10.4. The molecular formula is C28H32N2O. The Bertz CT molecular complexity index is 1070. The first kappa shape index (κ1) is 19.2. The number of aryl methyl sites for hydroxylation is 1. The summed E-state index contributed by atoms with van der Waals surface area (Å²) in [6, 6.07) is 15.9. The van der Waals surface area contributed by atoms with Crippen molar-refractivity contribution in [1.82, 2.24) is 4.90 Å². The first-order valence-corrected chi connectivity index (χ1v) is 11.8. The van der Waals surface area contributed by atoms with Gasteiger partial charge in [0.05, 0.1) is 5.54 Å². The van der Waals surface area contributed by atoms with E-state index < -0.39 is 0 Å². The zero-order valence-electron chi connectivity index (χ0n) is 18.4. The molecule has 2 N–H and O–H groups in total. The molecule has 1 unspecified atom stereocenters. The first-order chi connectivity index (χ1) is 15.0. The average Bonchev–Trinajstić information content (AvgIpc) is 3.31. The Morgan fingerprint density at radius 2 is 1.94 bits per heavy atom. The van der Waals surface area contributed by atoms with Crippen molar-refractivity contribution in [2.24, 2.45) is 11.8 Å². The van der Waals surface area contributed by atoms with Gasteiger partial charge in [-0.25, -0.2) is 0 Å². The summed E-state index contributed by atoms with van der Waals surface area (Å²) in [6.07, 6.45) is 6.38. The maximum Gasteiger partial charge on any atom is 0.115 e. The van der Waals surface area contributed by atoms with E-state index in [1.807, 2.05) is 12.1 Å². The highest BCUT2D eigenvalue weighted by Gasteiger charge is 2.60. The van der Waals surface area contributed by atoms with Gasteiger partial charge in [0.1, 0.15) is 5.76 Å². The summed E-state index contributed by atoms with van der Waals surface area (Å²) in [5.41, 5.74) is 7.38. The highest BCUT2D eigenvalue weighted by Crippen LogP contribution is 2.61. The lowest BCUT2D eigenvalue weighted by Gasteiger charge is -2.40. The van der Waals surface area contributed by atoms with Crippen molar-refractivity contribution < 1.29 is 5.11 Å². The third-order valence-corrected chi connectivity index (χ3v) is 8.38. The van der Waals surface area contributed by atoms with E-state index in [1.54, 1.807) is 0 Å². The van der Waals surface area contributed by atoms with E-state index >= 15 is 0 Å². The van der Waals surface area contributed by atoms with Crippen LogP contribution in [0.25, 0.3) is 5.76 Å². The molecule has 2 aromatic carbocycles. The quantitative estimate of drug-likeness (QED) is 0.576. The number of rotatable bonds is 4. The molecule has 0 radical (unpaired) electrons. The Balaban J connectivity index is 1.33. The van der Waals surface area contributed by atoms with Gasteiger partial charge < -0.3 is 10.4 Å². The highest BCUT2D eigenvalue weighted by atomic mass is 16.3. The van der Waals surface area contributed by atoms with Crippen LogP contribution < -0.4 is 5.32 Å². The molecule has 0 amide bonds. The van der Waals surface area contributed by atoms with E-state index in [4.69, 9.17) is 0 Å². The topological polar surface area (TPSA) is 35.5 Å². The van der Waals surface area contributed by atoms with Crippen LogP contribution in [0.2, 0.25) is 0 Å². The number of nitrogens with zero attached hydrogens (tertiary/aromatic N) is 1. The van der Waals surface area contributed by atoms with Gasteiger partial charge in [0, 0.05) is 35.1 Å². The second kappa shape index (κ2) is 6.74. The van der Waals surface area contributed by atoms with Crippen LogP contribution in [-0.2, 0) is 5.54 Å². The third kappa shape index (κ3) is 2.90. The molecule has 3 fully saturated rings. The number of aliphatic hydroxyl groups is 1. The zero-order valence-corrected chi connectivity index (χ0v) is 18.4. The van der Waals surface area contributed by atoms with Gasteiger partial charge in [-0.2, -0.15) is 0 Å². The molecule has 1 spiro atoms. The van der Waals surface area contributed by atoms with Crippen LogP contribution in [0.5, 0.6) is 0 Å². The van der Waals surface area contributed by atoms with E-state index in [0.29, 0.717) is 17.9 Å². The van der Waals surface area contributed by atoms with Crippen LogP contribution in [0.4, 0.5) is 5.69 Å². The SMILES string of the molecule is C=C(O)c1ccc(C2C[C@H]3C[C@]4(C(=C)Nc5cc(C)ccc54)N(CC4CC4)[C@H]3C2)cc1. The molecule has 2 aromatic rings. The van der Waals surface area contributed by atoms with Crippen molar-refractivity contribution in [2.45, 2.75) is 56.5 Å². The Morgan fingerprint density at radius 3 is 2.65 bits per heavy atom. The Hall–Kier alpha value is -2.52. The molecule has 6 rings (SSSR count). The second-order valence-corrected chi connectivity index (χ2v) is 10.4. The van der Waals surface area contributed by atoms with Gasteiger partial charge in [-0.15, -0.1) is 0 Å². The standard InChI is InChI=1S/C28H32N2O/c1-17-4-11-25-26(12-17)29-19(3)28(25)15-24-13-23(14-27(24)30(28)16-20-5-6-20)22-9-7-21(8-10-22)18(2)31/h4,7-12,20,23-24,27,29,31H,2-3,5-6,13-16H2,1H3/t23?,24-,27-,28+/m0/s1. The van der Waals surface area contributed by atoms with Gasteiger partial charge in [-0.1, -0.05) is 49.6 Å². The summed E-state index contributed by atoms with van der Waals surface area (Å²) in [5, 5.41) is 13.3. The maximum atomic E-state index is 9.66. The minimum absolute atomic E-state index is 0.0373. The Labute approximate surface area is 185 Å². The molecule has 160 valence electrons. The number of fused-ring (bicyclic) bond motifs is 3. The van der Waals surface area contributed by atoms with Gasteiger partial charge >= 0.3 is 0 Å². The molecule has 0 bridgehead atoms. The van der Waals surface area contributed by atoms with Gasteiger partial charge in [0.25, 0.3) is 0 Å². The highest BCUT2D eigenvalue weighted by molar-refractivity contribution is 5.69. The van der Waals surface area contributed by atoms with Crippen LogP contribution in [-0.4, -0.2) is 22.6 Å². The van der Waals surface area contributed by atoms with Gasteiger partial charge in [0.2, 0.25) is 0 Å². The molecule has 2 aliphatic carbocycles. The lowest BCUT2D eigenvalue weighted by Crippen LogP contribution is -2.46. The minimum atomic E-state index is -0.0373. The molecule has 31 heavy (non-hydrogen) atoms. The van der Waals surface area contributed by atoms with Crippen LogP contribution in [0.1, 0.15) is 60.3 Å². The monoisotopic (exact) mass is 412 g/mol. The van der Waals surface area contributed by atoms with E-state index in [2.05, 4.69) is 60.6 Å². The van der Waals surface area contributed by atoms with Crippen LogP contribution in [0, 0.1) is 18.8 Å². The van der Waals surface area contributed by atoms with Gasteiger partial charge in [0.15, 0.2) is 0 Å². The van der Waals surface area contributed by atoms with E-state index in [0.717, 1.165) is 11.5 Å². The smallest absolute Gasteiger partial charge is 0.115 e. The fraction of sp³-hybridized carbons (Fsp3) is 0.429. The molecule has 1 saturated heterocycles.